The predicted octanol–water partition coefficient (Wildman–Crippen LogP) is 2.48. The highest BCUT2D eigenvalue weighted by molar-refractivity contribution is 5.89. The number of carbonyl (C=O) groups is 1. The first-order chi connectivity index (χ1) is 8.08. The van der Waals surface area contributed by atoms with E-state index in [1.54, 1.807) is 0 Å². The zero-order valence-corrected chi connectivity index (χ0v) is 10.6. The van der Waals surface area contributed by atoms with E-state index in [-0.39, 0.29) is 12.0 Å². The van der Waals surface area contributed by atoms with Gasteiger partial charge in [-0.15, -0.1) is 0 Å². The molecule has 0 fully saturated rings. The van der Waals surface area contributed by atoms with E-state index in [4.69, 9.17) is 4.74 Å². The Morgan fingerprint density at radius 2 is 2.06 bits per heavy atom. The predicted molar refractivity (Wildman–Crippen MR) is 70.3 cm³/mol. The van der Waals surface area contributed by atoms with Gasteiger partial charge in [-0.05, 0) is 32.0 Å². The summed E-state index contributed by atoms with van der Waals surface area (Å²) in [7, 11) is 0. The largest absolute Gasteiger partial charge is 0.383 e. The summed E-state index contributed by atoms with van der Waals surface area (Å²) < 4.78 is 5.43. The van der Waals surface area contributed by atoms with Gasteiger partial charge >= 0.3 is 0 Å². The average Bonchev–Trinajstić information content (AvgIpc) is 2.24. The van der Waals surface area contributed by atoms with Gasteiger partial charge in [0.2, 0.25) is 5.91 Å². The fourth-order valence-corrected chi connectivity index (χ4v) is 1.40. The van der Waals surface area contributed by atoms with Gasteiger partial charge in [0.05, 0.1) is 12.7 Å². The number of carbonyl (C=O) groups excluding carboxylic acids is 1. The van der Waals surface area contributed by atoms with Gasteiger partial charge in [0.1, 0.15) is 0 Å². The molecule has 1 amide bonds. The number of hydrogen-bond acceptors (Lipinski definition) is 3. The molecule has 2 N–H and O–H groups in total. The number of ether oxygens (including phenoxy) is 1. The van der Waals surface area contributed by atoms with E-state index in [2.05, 4.69) is 10.6 Å². The van der Waals surface area contributed by atoms with Crippen LogP contribution < -0.4 is 10.6 Å². The van der Waals surface area contributed by atoms with Crippen molar-refractivity contribution in [1.29, 1.82) is 0 Å². The molecule has 0 bridgehead atoms. The molecule has 0 aliphatic rings. The van der Waals surface area contributed by atoms with Crippen LogP contribution in [0.2, 0.25) is 0 Å². The zero-order valence-electron chi connectivity index (χ0n) is 10.6. The van der Waals surface area contributed by atoms with Crippen molar-refractivity contribution in [2.45, 2.75) is 26.9 Å². The van der Waals surface area contributed by atoms with E-state index in [9.17, 15) is 4.79 Å². The van der Waals surface area contributed by atoms with Gasteiger partial charge in [-0.3, -0.25) is 4.79 Å². The number of benzene rings is 1. The summed E-state index contributed by atoms with van der Waals surface area (Å²) in [5, 5.41) is 5.98. The van der Waals surface area contributed by atoms with Crippen LogP contribution in [-0.4, -0.2) is 25.2 Å². The van der Waals surface area contributed by atoms with Crippen molar-refractivity contribution in [3.8, 4) is 0 Å². The summed E-state index contributed by atoms with van der Waals surface area (Å²) in [6, 6.07) is 7.62. The summed E-state index contributed by atoms with van der Waals surface area (Å²) >= 11 is 0. The standard InChI is InChI=1S/C13H20N2O2/c1-10(2)17-8-7-14-12-5-4-6-13(9-12)15-11(3)16/h4-6,9-10,14H,7-8H2,1-3H3,(H,15,16). The van der Waals surface area contributed by atoms with E-state index >= 15 is 0 Å². The first-order valence-corrected chi connectivity index (χ1v) is 5.81. The Morgan fingerprint density at radius 1 is 1.35 bits per heavy atom. The van der Waals surface area contributed by atoms with Crippen LogP contribution in [0, 0.1) is 0 Å². The first-order valence-electron chi connectivity index (χ1n) is 5.81. The van der Waals surface area contributed by atoms with Crippen LogP contribution >= 0.6 is 0 Å². The molecule has 4 nitrogen and oxygen atoms in total. The lowest BCUT2D eigenvalue weighted by atomic mass is 10.2. The molecular weight excluding hydrogens is 216 g/mol. The molecule has 0 saturated carbocycles. The second-order valence-electron chi connectivity index (χ2n) is 4.11. The maximum atomic E-state index is 10.9. The smallest absolute Gasteiger partial charge is 0.221 e. The van der Waals surface area contributed by atoms with E-state index in [1.807, 2.05) is 38.1 Å². The van der Waals surface area contributed by atoms with Crippen molar-refractivity contribution in [3.63, 3.8) is 0 Å². The van der Waals surface area contributed by atoms with E-state index in [0.29, 0.717) is 6.61 Å². The highest BCUT2D eigenvalue weighted by Gasteiger charge is 1.98. The van der Waals surface area contributed by atoms with Gasteiger partial charge < -0.3 is 15.4 Å². The van der Waals surface area contributed by atoms with Gasteiger partial charge in [0.25, 0.3) is 0 Å². The molecule has 17 heavy (non-hydrogen) atoms. The number of rotatable bonds is 6. The molecule has 1 aromatic carbocycles. The molecule has 0 heterocycles. The number of hydrogen-bond donors (Lipinski definition) is 2. The summed E-state index contributed by atoms with van der Waals surface area (Å²) in [6.07, 6.45) is 0.252. The second kappa shape index (κ2) is 6.91. The van der Waals surface area contributed by atoms with Crippen LogP contribution in [0.25, 0.3) is 0 Å². The summed E-state index contributed by atoms with van der Waals surface area (Å²) in [4.78, 5) is 10.9. The van der Waals surface area contributed by atoms with Crippen LogP contribution in [0.4, 0.5) is 11.4 Å². The van der Waals surface area contributed by atoms with E-state index in [0.717, 1.165) is 17.9 Å². The second-order valence-corrected chi connectivity index (χ2v) is 4.11. The van der Waals surface area contributed by atoms with Crippen molar-refractivity contribution in [2.75, 3.05) is 23.8 Å². The lowest BCUT2D eigenvalue weighted by molar-refractivity contribution is -0.114. The van der Waals surface area contributed by atoms with Crippen molar-refractivity contribution >= 4 is 17.3 Å². The Morgan fingerprint density at radius 3 is 2.71 bits per heavy atom. The summed E-state index contributed by atoms with van der Waals surface area (Å²) in [5.41, 5.74) is 1.77. The summed E-state index contributed by atoms with van der Waals surface area (Å²) in [6.45, 7) is 6.94. The normalized spacial score (nSPS) is 10.4. The Labute approximate surface area is 102 Å². The number of amides is 1. The summed E-state index contributed by atoms with van der Waals surface area (Å²) in [5.74, 6) is -0.0645. The maximum Gasteiger partial charge on any atom is 0.221 e. The molecule has 0 unspecified atom stereocenters. The Kier molecular flexibility index (Phi) is 5.49. The average molecular weight is 236 g/mol. The zero-order chi connectivity index (χ0) is 12.7. The molecule has 1 aromatic rings. The Hall–Kier alpha value is -1.55. The van der Waals surface area contributed by atoms with Crippen LogP contribution in [0.15, 0.2) is 24.3 Å². The molecule has 4 heteroatoms. The third kappa shape index (κ3) is 5.92. The SMILES string of the molecule is CC(=O)Nc1cccc(NCCOC(C)C)c1. The fraction of sp³-hybridized carbons (Fsp3) is 0.462. The Bertz CT molecular complexity index is 364. The topological polar surface area (TPSA) is 50.4 Å². The lowest BCUT2D eigenvalue weighted by Gasteiger charge is -2.10. The molecule has 0 radical (unpaired) electrons. The molecule has 0 aliphatic heterocycles. The quantitative estimate of drug-likeness (QED) is 0.746. The highest BCUT2D eigenvalue weighted by atomic mass is 16.5. The first kappa shape index (κ1) is 13.5. The van der Waals surface area contributed by atoms with Crippen LogP contribution in [0.3, 0.4) is 0 Å². The molecule has 0 saturated heterocycles. The number of anilines is 2. The molecule has 94 valence electrons. The molecular formula is C13H20N2O2. The van der Waals surface area contributed by atoms with Crippen molar-refractivity contribution in [2.24, 2.45) is 0 Å². The van der Waals surface area contributed by atoms with Crippen LogP contribution in [0.1, 0.15) is 20.8 Å². The third-order valence-electron chi connectivity index (χ3n) is 2.07. The van der Waals surface area contributed by atoms with Crippen molar-refractivity contribution in [1.82, 2.24) is 0 Å². The maximum absolute atomic E-state index is 10.9. The van der Waals surface area contributed by atoms with Gasteiger partial charge in [0.15, 0.2) is 0 Å². The number of nitrogens with one attached hydrogen (secondary N) is 2. The van der Waals surface area contributed by atoms with Gasteiger partial charge in [0, 0.05) is 24.8 Å². The van der Waals surface area contributed by atoms with Gasteiger partial charge in [-0.25, -0.2) is 0 Å². The van der Waals surface area contributed by atoms with Crippen LogP contribution in [-0.2, 0) is 9.53 Å². The Balaban J connectivity index is 2.40. The minimum atomic E-state index is -0.0645. The fourth-order valence-electron chi connectivity index (χ4n) is 1.40. The van der Waals surface area contributed by atoms with Crippen molar-refractivity contribution < 1.29 is 9.53 Å². The molecule has 1 rings (SSSR count). The highest BCUT2D eigenvalue weighted by Crippen LogP contribution is 2.14. The van der Waals surface area contributed by atoms with Gasteiger partial charge in [-0.1, -0.05) is 6.07 Å². The van der Waals surface area contributed by atoms with E-state index in [1.165, 1.54) is 6.92 Å². The lowest BCUT2D eigenvalue weighted by Crippen LogP contribution is -2.13. The molecule has 0 atom stereocenters. The minimum Gasteiger partial charge on any atom is -0.383 e. The van der Waals surface area contributed by atoms with Crippen LogP contribution in [0.5, 0.6) is 0 Å². The van der Waals surface area contributed by atoms with Gasteiger partial charge in [-0.2, -0.15) is 0 Å². The molecule has 0 aliphatic carbocycles. The molecule has 0 aromatic heterocycles. The molecule has 0 spiro atoms. The monoisotopic (exact) mass is 236 g/mol. The minimum absolute atomic E-state index is 0.0645. The van der Waals surface area contributed by atoms with E-state index < -0.39 is 0 Å². The third-order valence-corrected chi connectivity index (χ3v) is 2.07. The van der Waals surface area contributed by atoms with Crippen molar-refractivity contribution in [3.05, 3.63) is 24.3 Å².